The van der Waals surface area contributed by atoms with Gasteiger partial charge in [-0.1, -0.05) is 54.6 Å². The van der Waals surface area contributed by atoms with Crippen molar-refractivity contribution < 1.29 is 0 Å². The second-order valence-corrected chi connectivity index (χ2v) is 3.72. The molecule has 1 nitrogen and oxygen atoms in total. The van der Waals surface area contributed by atoms with Crippen LogP contribution >= 0.6 is 0 Å². The molecule has 0 aliphatic heterocycles. The fourth-order valence-electron chi connectivity index (χ4n) is 1.69. The van der Waals surface area contributed by atoms with Gasteiger partial charge in [0.1, 0.15) is 0 Å². The van der Waals surface area contributed by atoms with Gasteiger partial charge in [0.25, 0.3) is 0 Å². The Bertz CT molecular complexity index is 477. The zero-order chi connectivity index (χ0) is 11.2. The van der Waals surface area contributed by atoms with Gasteiger partial charge in [0.05, 0.1) is 6.07 Å². The van der Waals surface area contributed by atoms with Crippen LogP contribution in [0.1, 0.15) is 12.0 Å². The van der Waals surface area contributed by atoms with E-state index in [9.17, 15) is 0 Å². The van der Waals surface area contributed by atoms with Gasteiger partial charge in [0, 0.05) is 6.42 Å². The van der Waals surface area contributed by atoms with Gasteiger partial charge in [-0.3, -0.25) is 0 Å². The summed E-state index contributed by atoms with van der Waals surface area (Å²) >= 11 is 0. The van der Waals surface area contributed by atoms with Gasteiger partial charge in [-0.2, -0.15) is 5.26 Å². The Balaban J connectivity index is 2.17. The molecule has 1 heteroatoms. The molecule has 0 amide bonds. The molecule has 0 saturated carbocycles. The number of benzene rings is 2. The lowest BCUT2D eigenvalue weighted by atomic mass is 10.0. The number of hydrogen-bond donors (Lipinski definition) is 0. The maximum Gasteiger partial charge on any atom is 0.0625 e. The van der Waals surface area contributed by atoms with Crippen molar-refractivity contribution in [2.75, 3.05) is 0 Å². The topological polar surface area (TPSA) is 23.8 Å². The van der Waals surface area contributed by atoms with Crippen molar-refractivity contribution in [3.05, 3.63) is 60.2 Å². The van der Waals surface area contributed by atoms with Crippen molar-refractivity contribution in [1.29, 1.82) is 5.26 Å². The summed E-state index contributed by atoms with van der Waals surface area (Å²) in [6.07, 6.45) is 1.43. The lowest BCUT2D eigenvalue weighted by Gasteiger charge is -2.02. The van der Waals surface area contributed by atoms with Gasteiger partial charge in [-0.05, 0) is 23.1 Å². The van der Waals surface area contributed by atoms with Crippen LogP contribution in [0.4, 0.5) is 0 Å². The standard InChI is InChI=1S/C15H13N/c16-12-4-5-13-8-10-15(11-9-13)14-6-2-1-3-7-14/h1-3,6-11H,4-5H2. The summed E-state index contributed by atoms with van der Waals surface area (Å²) in [5.74, 6) is 0. The minimum atomic E-state index is 0.588. The van der Waals surface area contributed by atoms with Crippen molar-refractivity contribution in [3.63, 3.8) is 0 Å². The first-order valence-corrected chi connectivity index (χ1v) is 5.41. The normalized spacial score (nSPS) is 9.69. The van der Waals surface area contributed by atoms with Gasteiger partial charge in [0.15, 0.2) is 0 Å². The van der Waals surface area contributed by atoms with Crippen LogP contribution in [0, 0.1) is 11.3 Å². The second kappa shape index (κ2) is 5.14. The summed E-state index contributed by atoms with van der Waals surface area (Å²) < 4.78 is 0. The van der Waals surface area contributed by atoms with Crippen molar-refractivity contribution in [2.45, 2.75) is 12.8 Å². The van der Waals surface area contributed by atoms with Crippen LogP contribution in [0.5, 0.6) is 0 Å². The molecule has 2 aromatic carbocycles. The van der Waals surface area contributed by atoms with Crippen LogP contribution < -0.4 is 0 Å². The van der Waals surface area contributed by atoms with E-state index in [2.05, 4.69) is 42.5 Å². The maximum atomic E-state index is 8.51. The lowest BCUT2D eigenvalue weighted by Crippen LogP contribution is -1.84. The van der Waals surface area contributed by atoms with Crippen LogP contribution in [0.3, 0.4) is 0 Å². The first-order chi connectivity index (χ1) is 7.90. The molecule has 0 atom stereocenters. The monoisotopic (exact) mass is 207 g/mol. The van der Waals surface area contributed by atoms with Crippen LogP contribution in [-0.2, 0) is 6.42 Å². The van der Waals surface area contributed by atoms with Gasteiger partial charge in [-0.15, -0.1) is 0 Å². The van der Waals surface area contributed by atoms with Crippen molar-refractivity contribution in [1.82, 2.24) is 0 Å². The van der Waals surface area contributed by atoms with Gasteiger partial charge in [-0.25, -0.2) is 0 Å². The Kier molecular flexibility index (Phi) is 3.35. The molecule has 0 radical (unpaired) electrons. The predicted octanol–water partition coefficient (Wildman–Crippen LogP) is 3.81. The fraction of sp³-hybridized carbons (Fsp3) is 0.133. The molecule has 0 heterocycles. The van der Waals surface area contributed by atoms with Crippen molar-refractivity contribution in [3.8, 4) is 17.2 Å². The molecule has 0 bridgehead atoms. The molecular weight excluding hydrogens is 194 g/mol. The van der Waals surface area contributed by atoms with E-state index in [1.54, 1.807) is 0 Å². The van der Waals surface area contributed by atoms with E-state index in [0.717, 1.165) is 6.42 Å². The molecule has 0 saturated heterocycles. The predicted molar refractivity (Wildman–Crippen MR) is 65.8 cm³/mol. The third kappa shape index (κ3) is 2.49. The van der Waals surface area contributed by atoms with Gasteiger partial charge >= 0.3 is 0 Å². The minimum absolute atomic E-state index is 0.588. The summed E-state index contributed by atoms with van der Waals surface area (Å²) in [4.78, 5) is 0. The molecule has 2 aromatic rings. The zero-order valence-corrected chi connectivity index (χ0v) is 9.06. The highest BCUT2D eigenvalue weighted by molar-refractivity contribution is 5.63. The second-order valence-electron chi connectivity index (χ2n) is 3.72. The third-order valence-corrected chi connectivity index (χ3v) is 2.59. The average Bonchev–Trinajstić information content (AvgIpc) is 2.38. The Morgan fingerprint density at radius 1 is 0.812 bits per heavy atom. The summed E-state index contributed by atoms with van der Waals surface area (Å²) in [5, 5.41) is 8.51. The highest BCUT2D eigenvalue weighted by Crippen LogP contribution is 2.19. The number of rotatable bonds is 3. The van der Waals surface area contributed by atoms with Gasteiger partial charge < -0.3 is 0 Å². The van der Waals surface area contributed by atoms with Crippen LogP contribution in [-0.4, -0.2) is 0 Å². The number of nitriles is 1. The van der Waals surface area contributed by atoms with Crippen LogP contribution in [0.2, 0.25) is 0 Å². The minimum Gasteiger partial charge on any atom is -0.198 e. The molecular formula is C15H13N. The summed E-state index contributed by atoms with van der Waals surface area (Å²) in [7, 11) is 0. The van der Waals surface area contributed by atoms with E-state index >= 15 is 0 Å². The molecule has 16 heavy (non-hydrogen) atoms. The first-order valence-electron chi connectivity index (χ1n) is 5.41. The first kappa shape index (κ1) is 10.4. The quantitative estimate of drug-likeness (QED) is 0.750. The van der Waals surface area contributed by atoms with E-state index in [1.165, 1.54) is 16.7 Å². The highest BCUT2D eigenvalue weighted by atomic mass is 14.2. The largest absolute Gasteiger partial charge is 0.198 e. The molecule has 0 N–H and O–H groups in total. The molecule has 0 spiro atoms. The molecule has 78 valence electrons. The Morgan fingerprint density at radius 2 is 1.44 bits per heavy atom. The average molecular weight is 207 g/mol. The van der Waals surface area contributed by atoms with E-state index in [1.807, 2.05) is 18.2 Å². The Morgan fingerprint density at radius 3 is 2.06 bits per heavy atom. The van der Waals surface area contributed by atoms with E-state index in [0.29, 0.717) is 6.42 Å². The molecule has 0 aromatic heterocycles. The maximum absolute atomic E-state index is 8.51. The number of hydrogen-bond acceptors (Lipinski definition) is 1. The summed E-state index contributed by atoms with van der Waals surface area (Å²) in [6, 6.07) is 20.9. The van der Waals surface area contributed by atoms with Crippen LogP contribution in [0.25, 0.3) is 11.1 Å². The number of nitrogens with zero attached hydrogens (tertiary/aromatic N) is 1. The molecule has 0 aliphatic rings. The zero-order valence-electron chi connectivity index (χ0n) is 9.06. The molecule has 2 rings (SSSR count). The van der Waals surface area contributed by atoms with Crippen LogP contribution in [0.15, 0.2) is 54.6 Å². The van der Waals surface area contributed by atoms with Crippen molar-refractivity contribution in [2.24, 2.45) is 0 Å². The summed E-state index contributed by atoms with van der Waals surface area (Å²) in [5.41, 5.74) is 3.68. The smallest absolute Gasteiger partial charge is 0.0625 e. The van der Waals surface area contributed by atoms with E-state index in [4.69, 9.17) is 5.26 Å². The Hall–Kier alpha value is -2.07. The van der Waals surface area contributed by atoms with E-state index in [-0.39, 0.29) is 0 Å². The van der Waals surface area contributed by atoms with Crippen molar-refractivity contribution >= 4 is 0 Å². The summed E-state index contributed by atoms with van der Waals surface area (Å²) in [6.45, 7) is 0. The Labute approximate surface area is 96.0 Å². The number of aryl methyl sites for hydroxylation is 1. The fourth-order valence-corrected chi connectivity index (χ4v) is 1.69. The molecule has 0 unspecified atom stereocenters. The highest BCUT2D eigenvalue weighted by Gasteiger charge is 1.96. The molecule has 0 fully saturated rings. The third-order valence-electron chi connectivity index (χ3n) is 2.59. The van der Waals surface area contributed by atoms with E-state index < -0.39 is 0 Å². The van der Waals surface area contributed by atoms with Gasteiger partial charge in [0.2, 0.25) is 0 Å². The lowest BCUT2D eigenvalue weighted by molar-refractivity contribution is 1.01. The SMILES string of the molecule is N#CCCc1ccc(-c2ccccc2)cc1. The molecule has 0 aliphatic carbocycles.